The van der Waals surface area contributed by atoms with Gasteiger partial charge in [-0.15, -0.1) is 0 Å². The maximum Gasteiger partial charge on any atom is 0.0897 e. The van der Waals surface area contributed by atoms with Gasteiger partial charge in [-0.25, -0.2) is 4.36 Å². The fourth-order valence-electron chi connectivity index (χ4n) is 0.587. The van der Waals surface area contributed by atoms with Gasteiger partial charge >= 0.3 is 0 Å². The minimum absolute atomic E-state index is 0.221. The van der Waals surface area contributed by atoms with Gasteiger partial charge in [-0.05, 0) is 6.08 Å². The highest BCUT2D eigenvalue weighted by atomic mass is 32.1. The lowest BCUT2D eigenvalue weighted by Crippen LogP contribution is -2.07. The molecule has 0 amide bonds. The van der Waals surface area contributed by atoms with Crippen LogP contribution in [0, 0.1) is 0 Å². The lowest BCUT2D eigenvalue weighted by molar-refractivity contribution is 0.224. The van der Waals surface area contributed by atoms with E-state index >= 15 is 0 Å². The average Bonchev–Trinajstić information content (AvgIpc) is 1.90. The second-order valence-electron chi connectivity index (χ2n) is 1.66. The van der Waals surface area contributed by atoms with E-state index < -0.39 is 0 Å². The molecule has 1 aliphatic heterocycles. The molecule has 0 aromatic carbocycles. The van der Waals surface area contributed by atoms with Crippen LogP contribution in [0.15, 0.2) is 16.7 Å². The molecule has 1 atom stereocenters. The average molecular weight is 129 g/mol. The van der Waals surface area contributed by atoms with Gasteiger partial charge in [-0.1, -0.05) is 0 Å². The van der Waals surface area contributed by atoms with Crippen molar-refractivity contribution in [3.63, 3.8) is 0 Å². The predicted molar refractivity (Wildman–Crippen MR) is 33.3 cm³/mol. The minimum atomic E-state index is 0.221. The minimum Gasteiger partial charge on any atom is -0.501 e. The van der Waals surface area contributed by atoms with Crippen molar-refractivity contribution < 1.29 is 4.74 Å². The van der Waals surface area contributed by atoms with E-state index in [1.165, 1.54) is 0 Å². The Hall–Kier alpha value is -0.440. The van der Waals surface area contributed by atoms with Gasteiger partial charge in [0.1, 0.15) is 0 Å². The second kappa shape index (κ2) is 2.77. The highest BCUT2D eigenvalue weighted by Crippen LogP contribution is 2.04. The molecule has 1 unspecified atom stereocenters. The fraction of sp³-hybridized carbons (Fsp3) is 0.600. The van der Waals surface area contributed by atoms with Crippen LogP contribution < -0.4 is 0 Å². The van der Waals surface area contributed by atoms with Crippen LogP contribution >= 0.6 is 0 Å². The second-order valence-corrected chi connectivity index (χ2v) is 1.87. The van der Waals surface area contributed by atoms with E-state index in [0.29, 0.717) is 0 Å². The van der Waals surface area contributed by atoms with Crippen LogP contribution in [0.5, 0.6) is 0 Å². The Kier molecular flexibility index (Phi) is 1.97. The van der Waals surface area contributed by atoms with Crippen LogP contribution in [0.1, 0.15) is 6.42 Å². The van der Waals surface area contributed by atoms with E-state index in [4.69, 9.17) is 4.74 Å². The molecule has 3 heteroatoms. The molecule has 0 saturated heterocycles. The number of nitrogens with zero attached hydrogens (tertiary/aromatic N) is 1. The van der Waals surface area contributed by atoms with Crippen molar-refractivity contribution in [2.45, 2.75) is 12.5 Å². The van der Waals surface area contributed by atoms with Gasteiger partial charge in [0.2, 0.25) is 0 Å². The van der Waals surface area contributed by atoms with Crippen molar-refractivity contribution in [3.05, 3.63) is 12.3 Å². The Bertz CT molecular complexity index is 113. The summed E-state index contributed by atoms with van der Waals surface area (Å²) in [5, 5.41) is 0. The Balaban J connectivity index is 2.42. The van der Waals surface area contributed by atoms with Crippen molar-refractivity contribution in [1.82, 2.24) is 0 Å². The molecular weight excluding hydrogens is 122 g/mol. The van der Waals surface area contributed by atoms with Crippen LogP contribution in [0.25, 0.3) is 0 Å². The Morgan fingerprint density at radius 1 is 1.75 bits per heavy atom. The molecule has 0 radical (unpaired) electrons. The molecule has 0 spiro atoms. The first-order valence-electron chi connectivity index (χ1n) is 2.54. The molecule has 0 aromatic rings. The Morgan fingerprint density at radius 2 is 2.62 bits per heavy atom. The van der Waals surface area contributed by atoms with Gasteiger partial charge < -0.3 is 4.74 Å². The van der Waals surface area contributed by atoms with E-state index in [2.05, 4.69) is 16.8 Å². The molecule has 1 heterocycles. The lowest BCUT2D eigenvalue weighted by atomic mass is 10.2. The molecule has 2 nitrogen and oxygen atoms in total. The topological polar surface area (TPSA) is 21.6 Å². The summed E-state index contributed by atoms with van der Waals surface area (Å²) < 4.78 is 8.58. The van der Waals surface area contributed by atoms with Crippen molar-refractivity contribution in [3.8, 4) is 0 Å². The van der Waals surface area contributed by atoms with E-state index in [1.807, 2.05) is 6.08 Å². The van der Waals surface area contributed by atoms with E-state index in [-0.39, 0.29) is 6.04 Å². The third kappa shape index (κ3) is 1.26. The standard InChI is InChI=1S/C5H7NOS/c8-6-5-1-3-7-4-2-5/h1,3,5H,2,4H2. The third-order valence-electron chi connectivity index (χ3n) is 1.06. The van der Waals surface area contributed by atoms with E-state index in [9.17, 15) is 0 Å². The van der Waals surface area contributed by atoms with Gasteiger partial charge in [0.05, 0.1) is 18.9 Å². The SMILES string of the molecule is S=NC1C=COCC1. The quantitative estimate of drug-likeness (QED) is 0.527. The van der Waals surface area contributed by atoms with Crippen molar-refractivity contribution in [1.29, 1.82) is 0 Å². The zero-order valence-corrected chi connectivity index (χ0v) is 5.23. The molecule has 0 aromatic heterocycles. The third-order valence-corrected chi connectivity index (χ3v) is 1.33. The molecule has 44 valence electrons. The number of ether oxygens (including phenoxy) is 1. The maximum atomic E-state index is 4.91. The molecule has 1 aliphatic rings. The summed E-state index contributed by atoms with van der Waals surface area (Å²) in [5.74, 6) is 0. The first-order valence-corrected chi connectivity index (χ1v) is 2.91. The molecule has 0 N–H and O–H groups in total. The normalized spacial score (nSPS) is 26.8. The molecule has 8 heavy (non-hydrogen) atoms. The zero-order valence-electron chi connectivity index (χ0n) is 4.41. The molecule has 0 fully saturated rings. The number of hydrogen-bond acceptors (Lipinski definition) is 3. The maximum absolute atomic E-state index is 4.91. The Labute approximate surface area is 53.7 Å². The summed E-state index contributed by atoms with van der Waals surface area (Å²) in [7, 11) is 0. The van der Waals surface area contributed by atoms with Crippen LogP contribution in [-0.2, 0) is 17.2 Å². The van der Waals surface area contributed by atoms with E-state index in [1.54, 1.807) is 6.26 Å². The van der Waals surface area contributed by atoms with Crippen LogP contribution in [-0.4, -0.2) is 12.6 Å². The van der Waals surface area contributed by atoms with Gasteiger partial charge in [0.25, 0.3) is 0 Å². The monoisotopic (exact) mass is 129 g/mol. The number of rotatable bonds is 1. The molecule has 0 saturated carbocycles. The van der Waals surface area contributed by atoms with E-state index in [0.717, 1.165) is 13.0 Å². The zero-order chi connectivity index (χ0) is 5.82. The van der Waals surface area contributed by atoms with Crippen LogP contribution in [0.3, 0.4) is 0 Å². The summed E-state index contributed by atoms with van der Waals surface area (Å²) in [5.41, 5.74) is 0. The fourth-order valence-corrected chi connectivity index (χ4v) is 0.763. The largest absolute Gasteiger partial charge is 0.501 e. The van der Waals surface area contributed by atoms with Crippen molar-refractivity contribution in [2.24, 2.45) is 4.36 Å². The van der Waals surface area contributed by atoms with Crippen LogP contribution in [0.2, 0.25) is 0 Å². The summed E-state index contributed by atoms with van der Waals surface area (Å²) in [6.07, 6.45) is 4.46. The van der Waals surface area contributed by atoms with Gasteiger partial charge in [0.15, 0.2) is 0 Å². The Morgan fingerprint density at radius 3 is 3.00 bits per heavy atom. The van der Waals surface area contributed by atoms with Gasteiger partial charge in [0, 0.05) is 18.8 Å². The van der Waals surface area contributed by atoms with Gasteiger partial charge in [-0.3, -0.25) is 0 Å². The van der Waals surface area contributed by atoms with Crippen LogP contribution in [0.4, 0.5) is 0 Å². The molecule has 1 rings (SSSR count). The first kappa shape index (κ1) is 5.69. The summed E-state index contributed by atoms with van der Waals surface area (Å²) >= 11 is 4.49. The van der Waals surface area contributed by atoms with Gasteiger partial charge in [-0.2, -0.15) is 0 Å². The summed E-state index contributed by atoms with van der Waals surface area (Å²) in [6, 6.07) is 0.221. The predicted octanol–water partition coefficient (Wildman–Crippen LogP) is 1.02. The molecular formula is C5H7NOS. The highest BCUT2D eigenvalue weighted by Gasteiger charge is 2.04. The number of hydrogen-bond donors (Lipinski definition) is 0. The summed E-state index contributed by atoms with van der Waals surface area (Å²) in [4.78, 5) is 0. The van der Waals surface area contributed by atoms with Crippen molar-refractivity contribution >= 4 is 12.4 Å². The summed E-state index contributed by atoms with van der Waals surface area (Å²) in [6.45, 7) is 0.751. The highest BCUT2D eigenvalue weighted by molar-refractivity contribution is 7.47. The van der Waals surface area contributed by atoms with Crippen molar-refractivity contribution in [2.75, 3.05) is 6.61 Å². The molecule has 0 aliphatic carbocycles. The lowest BCUT2D eigenvalue weighted by Gasteiger charge is -2.09. The smallest absolute Gasteiger partial charge is 0.0897 e. The molecule has 0 bridgehead atoms. The first-order chi connectivity index (χ1) is 3.93.